The highest BCUT2D eigenvalue weighted by Gasteiger charge is 2.59. The molecule has 4 atom stereocenters. The highest BCUT2D eigenvalue weighted by Crippen LogP contribution is 2.52. The molecule has 3 N–H and O–H groups in total. The summed E-state index contributed by atoms with van der Waals surface area (Å²) in [6.07, 6.45) is 0.875. The second-order valence-electron chi connectivity index (χ2n) is 9.53. The summed E-state index contributed by atoms with van der Waals surface area (Å²) in [5.41, 5.74) is 2.40. The summed E-state index contributed by atoms with van der Waals surface area (Å²) >= 11 is 0. The van der Waals surface area contributed by atoms with Crippen LogP contribution in [0.25, 0.3) is 0 Å². The van der Waals surface area contributed by atoms with Crippen molar-refractivity contribution in [2.75, 3.05) is 20.2 Å². The van der Waals surface area contributed by atoms with Crippen molar-refractivity contribution >= 4 is 5.96 Å². The van der Waals surface area contributed by atoms with Gasteiger partial charge >= 0.3 is 0 Å². The van der Waals surface area contributed by atoms with E-state index in [1.54, 1.807) is 7.05 Å². The number of ether oxygens (including phenoxy) is 1. The Hall–Kier alpha value is -1.59. The molecule has 1 aliphatic carbocycles. The van der Waals surface area contributed by atoms with Crippen LogP contribution in [0.2, 0.25) is 0 Å². The van der Waals surface area contributed by atoms with Gasteiger partial charge in [0.25, 0.3) is 0 Å². The lowest BCUT2D eigenvalue weighted by Crippen LogP contribution is -2.68. The number of nitrogens with zero attached hydrogens (tertiary/aromatic N) is 1. The first-order chi connectivity index (χ1) is 12.6. The average molecular weight is 374 g/mol. The number of aliphatic hydroxyl groups excluding tert-OH is 1. The van der Waals surface area contributed by atoms with Crippen molar-refractivity contribution in [3.8, 4) is 0 Å². The molecular formula is C22H35N3O2. The van der Waals surface area contributed by atoms with Crippen LogP contribution >= 0.6 is 0 Å². The molecule has 5 nitrogen and oxygen atoms in total. The molecule has 2 fully saturated rings. The van der Waals surface area contributed by atoms with Crippen LogP contribution in [0.1, 0.15) is 58.3 Å². The van der Waals surface area contributed by atoms with Crippen molar-refractivity contribution in [1.29, 1.82) is 0 Å². The Morgan fingerprint density at radius 1 is 1.30 bits per heavy atom. The van der Waals surface area contributed by atoms with E-state index in [2.05, 4.69) is 62.4 Å². The zero-order chi connectivity index (χ0) is 19.8. The first-order valence-corrected chi connectivity index (χ1v) is 10.0. The molecule has 2 aliphatic rings. The van der Waals surface area contributed by atoms with Gasteiger partial charge in [-0.1, -0.05) is 58.9 Å². The smallest absolute Gasteiger partial charge is 0.191 e. The molecule has 1 heterocycles. The van der Waals surface area contributed by atoms with Gasteiger partial charge in [-0.3, -0.25) is 4.99 Å². The number of guanidine groups is 1. The number of hydrogen-bond acceptors (Lipinski definition) is 3. The summed E-state index contributed by atoms with van der Waals surface area (Å²) in [6, 6.07) is 8.57. The number of aliphatic imine (C=N–C) groups is 1. The quantitative estimate of drug-likeness (QED) is 0.561. The van der Waals surface area contributed by atoms with E-state index in [9.17, 15) is 5.11 Å². The second kappa shape index (κ2) is 7.44. The fraction of sp³-hybridized carbons (Fsp3) is 0.682. The van der Waals surface area contributed by atoms with Crippen molar-refractivity contribution in [3.63, 3.8) is 0 Å². The van der Waals surface area contributed by atoms with E-state index < -0.39 is 6.10 Å². The molecule has 0 spiro atoms. The third-order valence-electron chi connectivity index (χ3n) is 6.24. The lowest BCUT2D eigenvalue weighted by atomic mass is 9.57. The molecule has 0 amide bonds. The van der Waals surface area contributed by atoms with Crippen LogP contribution in [-0.2, 0) is 10.2 Å². The maximum Gasteiger partial charge on any atom is 0.191 e. The van der Waals surface area contributed by atoms with Crippen molar-refractivity contribution in [3.05, 3.63) is 35.4 Å². The van der Waals surface area contributed by atoms with Gasteiger partial charge in [0, 0.05) is 37.6 Å². The molecule has 1 saturated heterocycles. The van der Waals surface area contributed by atoms with Gasteiger partial charge in [-0.05, 0) is 23.0 Å². The standard InChI is InChI=1S/C22H35N3O2/c1-21(2,3)15-9-7-14(8-10-15)17(26)13-24-20(23-6)25-18-16-11-12-27-19(16)22(18,4)5/h7-10,16-19,26H,11-13H2,1-6H3,(H2,23,24,25). The van der Waals surface area contributed by atoms with Gasteiger partial charge in [-0.2, -0.15) is 0 Å². The Morgan fingerprint density at radius 2 is 1.96 bits per heavy atom. The van der Waals surface area contributed by atoms with E-state index >= 15 is 0 Å². The van der Waals surface area contributed by atoms with Gasteiger partial charge in [-0.25, -0.2) is 0 Å². The SMILES string of the molecule is CN=C(NCC(O)c1ccc(C(C)(C)C)cc1)NC1C2CCOC2C1(C)C. The van der Waals surface area contributed by atoms with Crippen LogP contribution in [0.3, 0.4) is 0 Å². The maximum absolute atomic E-state index is 10.6. The molecule has 150 valence electrons. The predicted molar refractivity (Wildman–Crippen MR) is 110 cm³/mol. The van der Waals surface area contributed by atoms with Gasteiger partial charge in [0.15, 0.2) is 5.96 Å². The fourth-order valence-electron chi connectivity index (χ4n) is 4.48. The fourth-order valence-corrected chi connectivity index (χ4v) is 4.48. The van der Waals surface area contributed by atoms with Gasteiger partial charge in [0.2, 0.25) is 0 Å². The van der Waals surface area contributed by atoms with E-state index in [0.717, 1.165) is 24.6 Å². The summed E-state index contributed by atoms with van der Waals surface area (Å²) in [6.45, 7) is 12.3. The molecule has 27 heavy (non-hydrogen) atoms. The van der Waals surface area contributed by atoms with Gasteiger partial charge < -0.3 is 20.5 Å². The van der Waals surface area contributed by atoms with E-state index in [-0.39, 0.29) is 10.8 Å². The van der Waals surface area contributed by atoms with Crippen molar-refractivity contribution in [2.45, 2.75) is 64.7 Å². The minimum atomic E-state index is -0.575. The monoisotopic (exact) mass is 373 g/mol. The molecule has 0 aromatic heterocycles. The number of fused-ring (bicyclic) bond motifs is 1. The largest absolute Gasteiger partial charge is 0.387 e. The number of aliphatic hydroxyl groups is 1. The average Bonchev–Trinajstić information content (AvgIpc) is 3.08. The summed E-state index contributed by atoms with van der Waals surface area (Å²) in [5, 5.41) is 17.4. The molecule has 1 aromatic rings. The molecule has 3 rings (SSSR count). The summed E-state index contributed by atoms with van der Waals surface area (Å²) in [5.74, 6) is 1.29. The molecule has 0 radical (unpaired) electrons. The molecule has 5 heteroatoms. The molecule has 0 bridgehead atoms. The number of nitrogens with one attached hydrogen (secondary N) is 2. The van der Waals surface area contributed by atoms with E-state index in [1.165, 1.54) is 5.56 Å². The van der Waals surface area contributed by atoms with Crippen LogP contribution in [0.4, 0.5) is 0 Å². The Bertz CT molecular complexity index is 676. The topological polar surface area (TPSA) is 65.9 Å². The summed E-state index contributed by atoms with van der Waals surface area (Å²) in [4.78, 5) is 4.34. The molecule has 1 aliphatic heterocycles. The number of benzene rings is 1. The maximum atomic E-state index is 10.6. The molecule has 1 aromatic carbocycles. The van der Waals surface area contributed by atoms with Crippen LogP contribution in [-0.4, -0.2) is 43.4 Å². The minimum Gasteiger partial charge on any atom is -0.387 e. The third-order valence-corrected chi connectivity index (χ3v) is 6.24. The highest BCUT2D eigenvalue weighted by molar-refractivity contribution is 5.80. The predicted octanol–water partition coefficient (Wildman–Crippen LogP) is 3.00. The first-order valence-electron chi connectivity index (χ1n) is 10.0. The van der Waals surface area contributed by atoms with Gasteiger partial charge in [0.1, 0.15) is 0 Å². The van der Waals surface area contributed by atoms with Gasteiger partial charge in [-0.15, -0.1) is 0 Å². The third kappa shape index (κ3) is 3.99. The van der Waals surface area contributed by atoms with Crippen molar-refractivity contribution < 1.29 is 9.84 Å². The Balaban J connectivity index is 1.55. The van der Waals surface area contributed by atoms with Crippen LogP contribution in [0, 0.1) is 11.3 Å². The molecule has 1 saturated carbocycles. The minimum absolute atomic E-state index is 0.0974. The Kier molecular flexibility index (Phi) is 5.55. The molecule has 4 unspecified atom stereocenters. The van der Waals surface area contributed by atoms with Crippen molar-refractivity contribution in [2.24, 2.45) is 16.3 Å². The van der Waals surface area contributed by atoms with Crippen LogP contribution < -0.4 is 10.6 Å². The van der Waals surface area contributed by atoms with E-state index in [1.807, 2.05) is 12.1 Å². The summed E-state index contributed by atoms with van der Waals surface area (Å²) in [7, 11) is 1.77. The van der Waals surface area contributed by atoms with E-state index in [0.29, 0.717) is 24.6 Å². The lowest BCUT2D eigenvalue weighted by molar-refractivity contribution is -0.106. The lowest BCUT2D eigenvalue weighted by Gasteiger charge is -2.54. The zero-order valence-electron chi connectivity index (χ0n) is 17.5. The van der Waals surface area contributed by atoms with Gasteiger partial charge in [0.05, 0.1) is 12.2 Å². The van der Waals surface area contributed by atoms with Crippen LogP contribution in [0.5, 0.6) is 0 Å². The molecular weight excluding hydrogens is 338 g/mol. The number of hydrogen-bond donors (Lipinski definition) is 3. The summed E-state index contributed by atoms with van der Waals surface area (Å²) < 4.78 is 5.86. The first kappa shape index (κ1) is 20.2. The Morgan fingerprint density at radius 3 is 2.56 bits per heavy atom. The van der Waals surface area contributed by atoms with Crippen molar-refractivity contribution in [1.82, 2.24) is 10.6 Å². The highest BCUT2D eigenvalue weighted by atomic mass is 16.5. The second-order valence-corrected chi connectivity index (χ2v) is 9.53. The Labute approximate surface area is 163 Å². The zero-order valence-corrected chi connectivity index (χ0v) is 17.5. The normalized spacial score (nSPS) is 28.3. The number of rotatable bonds is 4. The van der Waals surface area contributed by atoms with E-state index in [4.69, 9.17) is 4.74 Å². The van der Waals surface area contributed by atoms with Crippen LogP contribution in [0.15, 0.2) is 29.3 Å².